The van der Waals surface area contributed by atoms with Crippen LogP contribution in [0.25, 0.3) is 22.8 Å². The van der Waals surface area contributed by atoms with E-state index in [1.807, 2.05) is 36.4 Å². The van der Waals surface area contributed by atoms with Crippen molar-refractivity contribution in [2.24, 2.45) is 5.10 Å². The fourth-order valence-electron chi connectivity index (χ4n) is 2.45. The fraction of sp³-hybridized carbons (Fsp3) is 0. The number of aromatic hydroxyl groups is 1. The van der Waals surface area contributed by atoms with Gasteiger partial charge in [-0.15, -0.1) is 0 Å². The highest BCUT2D eigenvalue weighted by molar-refractivity contribution is 7.71. The predicted octanol–water partition coefficient (Wildman–Crippen LogP) is 3.59. The lowest BCUT2D eigenvalue weighted by atomic mass is 10.1. The minimum absolute atomic E-state index is 0.202. The van der Waals surface area contributed by atoms with Crippen LogP contribution < -0.4 is 0 Å². The van der Waals surface area contributed by atoms with Gasteiger partial charge in [0.1, 0.15) is 11.4 Å². The number of phenolic OH excluding ortho intramolecular Hbond substituents is 1. The van der Waals surface area contributed by atoms with E-state index < -0.39 is 0 Å². The van der Waals surface area contributed by atoms with E-state index in [0.29, 0.717) is 16.3 Å². The second-order valence-corrected chi connectivity index (χ2v) is 5.92. The standard InChI is InChI=1S/C18H14N6OS/c25-14-8-6-12(7-9-14)11-19-24-17(22-23-18(24)26)16-10-15(20-21-16)13-4-2-1-3-5-13/h1-11,25H,(H,20,21)(H,23,26)/b19-11+. The Kier molecular flexibility index (Phi) is 4.16. The largest absolute Gasteiger partial charge is 0.508 e. The zero-order chi connectivity index (χ0) is 17.9. The van der Waals surface area contributed by atoms with Gasteiger partial charge in [-0.2, -0.15) is 20.0 Å². The van der Waals surface area contributed by atoms with Crippen molar-refractivity contribution in [2.75, 3.05) is 0 Å². The van der Waals surface area contributed by atoms with E-state index in [0.717, 1.165) is 16.8 Å². The summed E-state index contributed by atoms with van der Waals surface area (Å²) in [7, 11) is 0. The molecule has 2 aromatic carbocycles. The van der Waals surface area contributed by atoms with Gasteiger partial charge in [-0.3, -0.25) is 5.10 Å². The molecule has 8 heteroatoms. The van der Waals surface area contributed by atoms with Crippen molar-refractivity contribution in [3.8, 4) is 28.5 Å². The highest BCUT2D eigenvalue weighted by Gasteiger charge is 2.12. The number of benzene rings is 2. The van der Waals surface area contributed by atoms with Gasteiger partial charge in [0.2, 0.25) is 10.6 Å². The molecule has 4 rings (SSSR count). The zero-order valence-electron chi connectivity index (χ0n) is 13.5. The predicted molar refractivity (Wildman–Crippen MR) is 102 cm³/mol. The third-order valence-electron chi connectivity index (χ3n) is 3.75. The van der Waals surface area contributed by atoms with E-state index in [-0.39, 0.29) is 5.75 Å². The molecule has 0 amide bonds. The number of aromatic nitrogens is 5. The Morgan fingerprint density at radius 1 is 1.00 bits per heavy atom. The number of nitrogens with zero attached hydrogens (tertiary/aromatic N) is 4. The number of H-pyrrole nitrogens is 2. The average Bonchev–Trinajstić information content (AvgIpc) is 3.29. The van der Waals surface area contributed by atoms with Crippen LogP contribution in [0, 0.1) is 4.77 Å². The normalized spacial score (nSPS) is 11.2. The third kappa shape index (κ3) is 3.17. The summed E-state index contributed by atoms with van der Waals surface area (Å²) in [5.41, 5.74) is 3.33. The molecule has 0 radical (unpaired) electrons. The maximum absolute atomic E-state index is 9.35. The van der Waals surface area contributed by atoms with Crippen molar-refractivity contribution >= 4 is 18.4 Å². The van der Waals surface area contributed by atoms with Crippen LogP contribution in [0.1, 0.15) is 5.56 Å². The van der Waals surface area contributed by atoms with E-state index >= 15 is 0 Å². The summed E-state index contributed by atoms with van der Waals surface area (Å²) in [5.74, 6) is 0.730. The molecule has 3 N–H and O–H groups in total. The molecule has 2 heterocycles. The third-order valence-corrected chi connectivity index (χ3v) is 4.02. The lowest BCUT2D eigenvalue weighted by molar-refractivity contribution is 0.475. The highest BCUT2D eigenvalue weighted by atomic mass is 32.1. The summed E-state index contributed by atoms with van der Waals surface area (Å²) in [6, 6.07) is 18.4. The molecule has 128 valence electrons. The van der Waals surface area contributed by atoms with Crippen LogP contribution in [0.3, 0.4) is 0 Å². The van der Waals surface area contributed by atoms with Crippen LogP contribution in [0.2, 0.25) is 0 Å². The van der Waals surface area contributed by atoms with Gasteiger partial charge in [0.15, 0.2) is 0 Å². The first-order valence-electron chi connectivity index (χ1n) is 7.83. The summed E-state index contributed by atoms with van der Waals surface area (Å²) in [5, 5.41) is 28.0. The summed E-state index contributed by atoms with van der Waals surface area (Å²) in [6.45, 7) is 0. The Hall–Kier alpha value is -3.52. The second kappa shape index (κ2) is 6.77. The van der Waals surface area contributed by atoms with Gasteiger partial charge in [0, 0.05) is 5.56 Å². The monoisotopic (exact) mass is 362 g/mol. The Morgan fingerprint density at radius 3 is 2.54 bits per heavy atom. The molecule has 0 saturated heterocycles. The van der Waals surface area contributed by atoms with Crippen molar-refractivity contribution in [1.29, 1.82) is 0 Å². The number of aromatic amines is 2. The van der Waals surface area contributed by atoms with Crippen LogP contribution in [0.4, 0.5) is 0 Å². The molecule has 0 spiro atoms. The Morgan fingerprint density at radius 2 is 1.77 bits per heavy atom. The van der Waals surface area contributed by atoms with Crippen LogP contribution in [0.15, 0.2) is 65.8 Å². The molecule has 0 atom stereocenters. The fourth-order valence-corrected chi connectivity index (χ4v) is 2.63. The second-order valence-electron chi connectivity index (χ2n) is 5.53. The minimum atomic E-state index is 0.202. The van der Waals surface area contributed by atoms with Crippen molar-refractivity contribution < 1.29 is 5.11 Å². The summed E-state index contributed by atoms with van der Waals surface area (Å²) in [6.07, 6.45) is 1.64. The zero-order valence-corrected chi connectivity index (χ0v) is 14.3. The lowest BCUT2D eigenvalue weighted by Gasteiger charge is -1.98. The molecule has 2 aromatic heterocycles. The van der Waals surface area contributed by atoms with Crippen molar-refractivity contribution in [2.45, 2.75) is 0 Å². The Balaban J connectivity index is 1.68. The van der Waals surface area contributed by atoms with Crippen LogP contribution in [0.5, 0.6) is 5.75 Å². The van der Waals surface area contributed by atoms with Crippen molar-refractivity contribution in [3.05, 3.63) is 71.0 Å². The highest BCUT2D eigenvalue weighted by Crippen LogP contribution is 2.22. The molecule has 26 heavy (non-hydrogen) atoms. The van der Waals surface area contributed by atoms with Gasteiger partial charge in [-0.25, -0.2) is 5.10 Å². The molecule has 0 unspecified atom stereocenters. The van der Waals surface area contributed by atoms with Crippen LogP contribution >= 0.6 is 12.2 Å². The van der Waals surface area contributed by atoms with Gasteiger partial charge < -0.3 is 5.11 Å². The maximum atomic E-state index is 9.35. The van der Waals surface area contributed by atoms with E-state index in [2.05, 4.69) is 25.5 Å². The SMILES string of the molecule is Oc1ccc(/C=N/n2c(-c3cc(-c4ccccc4)n[nH]3)n[nH]c2=S)cc1. The number of hydrogen-bond donors (Lipinski definition) is 3. The van der Waals surface area contributed by atoms with E-state index in [1.165, 1.54) is 4.68 Å². The molecule has 0 bridgehead atoms. The lowest BCUT2D eigenvalue weighted by Crippen LogP contribution is -1.95. The average molecular weight is 362 g/mol. The molecule has 0 fully saturated rings. The number of hydrogen-bond acceptors (Lipinski definition) is 5. The van der Waals surface area contributed by atoms with Gasteiger partial charge in [0.05, 0.1) is 11.9 Å². The molecule has 0 aliphatic carbocycles. The minimum Gasteiger partial charge on any atom is -0.508 e. The molecule has 0 aliphatic rings. The maximum Gasteiger partial charge on any atom is 0.216 e. The first kappa shape index (κ1) is 16.0. The molecule has 7 nitrogen and oxygen atoms in total. The number of nitrogens with one attached hydrogen (secondary N) is 2. The number of rotatable bonds is 4. The van der Waals surface area contributed by atoms with Gasteiger partial charge in [-0.1, -0.05) is 30.3 Å². The molecular weight excluding hydrogens is 348 g/mol. The molecule has 0 saturated carbocycles. The Labute approximate surface area is 153 Å². The van der Waals surface area contributed by atoms with E-state index in [9.17, 15) is 5.11 Å². The quantitative estimate of drug-likeness (QED) is 0.382. The molecule has 0 aliphatic heterocycles. The first-order valence-corrected chi connectivity index (χ1v) is 8.23. The summed E-state index contributed by atoms with van der Waals surface area (Å²) in [4.78, 5) is 0. The summed E-state index contributed by atoms with van der Waals surface area (Å²) < 4.78 is 1.88. The molecule has 4 aromatic rings. The van der Waals surface area contributed by atoms with Gasteiger partial charge in [-0.05, 0) is 48.1 Å². The smallest absolute Gasteiger partial charge is 0.216 e. The van der Waals surface area contributed by atoms with Crippen LogP contribution in [-0.4, -0.2) is 36.4 Å². The van der Waals surface area contributed by atoms with E-state index in [4.69, 9.17) is 12.2 Å². The summed E-state index contributed by atoms with van der Waals surface area (Å²) >= 11 is 5.27. The first-order chi connectivity index (χ1) is 12.7. The van der Waals surface area contributed by atoms with Crippen molar-refractivity contribution in [3.63, 3.8) is 0 Å². The van der Waals surface area contributed by atoms with Crippen molar-refractivity contribution in [1.82, 2.24) is 25.1 Å². The molecular formula is C18H14N6OS. The number of phenols is 1. The Bertz CT molecular complexity index is 1110. The van der Waals surface area contributed by atoms with E-state index in [1.54, 1.807) is 30.5 Å². The van der Waals surface area contributed by atoms with Gasteiger partial charge in [0.25, 0.3) is 0 Å². The van der Waals surface area contributed by atoms with Gasteiger partial charge >= 0.3 is 0 Å². The van der Waals surface area contributed by atoms with Crippen LogP contribution in [-0.2, 0) is 0 Å². The topological polar surface area (TPSA) is 94.9 Å².